The maximum Gasteiger partial charge on any atom is 0.328 e. The summed E-state index contributed by atoms with van der Waals surface area (Å²) in [6, 6.07) is 24.0. The minimum atomic E-state index is -1.06. The van der Waals surface area contributed by atoms with Crippen LogP contribution in [0.2, 0.25) is 0 Å². The van der Waals surface area contributed by atoms with Gasteiger partial charge in [0.2, 0.25) is 5.78 Å². The van der Waals surface area contributed by atoms with Crippen molar-refractivity contribution >= 4 is 23.0 Å². The van der Waals surface area contributed by atoms with Crippen molar-refractivity contribution < 1.29 is 19.4 Å². The van der Waals surface area contributed by atoms with Crippen LogP contribution in [-0.4, -0.2) is 28.6 Å². The van der Waals surface area contributed by atoms with Gasteiger partial charge in [0.15, 0.2) is 6.04 Å². The summed E-state index contributed by atoms with van der Waals surface area (Å²) in [5, 5.41) is 10.0. The molecular weight excluding hydrogens is 462 g/mol. The van der Waals surface area contributed by atoms with Crippen LogP contribution in [0, 0.1) is 5.41 Å². The predicted octanol–water partition coefficient (Wildman–Crippen LogP) is 6.30. The molecule has 1 unspecified atom stereocenters. The fraction of sp³-hybridized carbons (Fsp3) is 0.281. The lowest BCUT2D eigenvalue weighted by molar-refractivity contribution is -0.138. The van der Waals surface area contributed by atoms with Crippen molar-refractivity contribution in [2.45, 2.75) is 52.2 Å². The average molecular weight is 494 g/mol. The van der Waals surface area contributed by atoms with E-state index in [1.807, 2.05) is 78.9 Å². The molecule has 0 bridgehead atoms. The van der Waals surface area contributed by atoms with Gasteiger partial charge in [-0.1, -0.05) is 80.6 Å². The molecule has 1 N–H and O–H groups in total. The molecule has 5 rings (SSSR count). The molecule has 0 heterocycles. The number of aliphatic imine (C=N–C) groups is 1. The second kappa shape index (κ2) is 10.2. The summed E-state index contributed by atoms with van der Waals surface area (Å²) in [7, 11) is 0. The fourth-order valence-corrected chi connectivity index (χ4v) is 5.17. The van der Waals surface area contributed by atoms with Crippen molar-refractivity contribution in [3.8, 4) is 5.75 Å². The molecule has 2 aliphatic rings. The SMILES string of the molecule is CC1(C)CCC2=C(C1)c1ccccc1/C(=N/C(Cc1ccc(OCc3ccccc3)cc1)C(=O)O)C2=O. The molecule has 0 aliphatic heterocycles. The van der Waals surface area contributed by atoms with E-state index in [-0.39, 0.29) is 23.3 Å². The maximum atomic E-state index is 13.6. The van der Waals surface area contributed by atoms with Gasteiger partial charge in [0.1, 0.15) is 18.1 Å². The van der Waals surface area contributed by atoms with Crippen molar-refractivity contribution in [2.24, 2.45) is 10.4 Å². The lowest BCUT2D eigenvalue weighted by Crippen LogP contribution is -2.32. The van der Waals surface area contributed by atoms with Gasteiger partial charge in [-0.3, -0.25) is 9.79 Å². The number of carbonyl (C=O) groups is 2. The molecular formula is C32H31NO4. The third-order valence-corrected chi connectivity index (χ3v) is 7.24. The van der Waals surface area contributed by atoms with Gasteiger partial charge in [-0.15, -0.1) is 0 Å². The third kappa shape index (κ3) is 5.41. The minimum absolute atomic E-state index is 0.125. The Hall–Kier alpha value is -3.99. The Morgan fingerprint density at radius 1 is 0.919 bits per heavy atom. The van der Waals surface area contributed by atoms with Gasteiger partial charge in [0, 0.05) is 17.6 Å². The van der Waals surface area contributed by atoms with E-state index in [1.54, 1.807) is 0 Å². The molecule has 37 heavy (non-hydrogen) atoms. The summed E-state index contributed by atoms with van der Waals surface area (Å²) in [5.74, 6) is -0.464. The number of benzene rings is 3. The number of nitrogens with zero attached hydrogens (tertiary/aromatic N) is 1. The largest absolute Gasteiger partial charge is 0.489 e. The topological polar surface area (TPSA) is 76.0 Å². The molecule has 0 saturated carbocycles. The standard InChI is InChI=1S/C32H31NO4/c1-32(2)17-16-26-27(19-32)24-10-6-7-11-25(24)29(30(26)34)33-28(31(35)36)18-21-12-14-23(15-13-21)37-20-22-8-4-3-5-9-22/h3-15,28H,16-20H2,1-2H3,(H,35,36)/b33-29-. The van der Waals surface area contributed by atoms with Gasteiger partial charge in [-0.2, -0.15) is 0 Å². The number of Topliss-reactive ketones (excluding diaryl/α,β-unsaturated/α-hetero) is 1. The molecule has 0 amide bonds. The van der Waals surface area contributed by atoms with Gasteiger partial charge in [-0.05, 0) is 59.1 Å². The highest BCUT2D eigenvalue weighted by Gasteiger charge is 2.37. The van der Waals surface area contributed by atoms with Gasteiger partial charge in [-0.25, -0.2) is 4.79 Å². The fourth-order valence-electron chi connectivity index (χ4n) is 5.17. The lowest BCUT2D eigenvalue weighted by atomic mass is 9.68. The van der Waals surface area contributed by atoms with Crippen LogP contribution < -0.4 is 4.74 Å². The van der Waals surface area contributed by atoms with E-state index in [0.717, 1.165) is 46.2 Å². The van der Waals surface area contributed by atoms with E-state index in [2.05, 4.69) is 18.8 Å². The van der Waals surface area contributed by atoms with Crippen LogP contribution >= 0.6 is 0 Å². The third-order valence-electron chi connectivity index (χ3n) is 7.24. The van der Waals surface area contributed by atoms with Crippen molar-refractivity contribution in [3.63, 3.8) is 0 Å². The number of hydrogen-bond donors (Lipinski definition) is 1. The molecule has 0 aromatic heterocycles. The van der Waals surface area contributed by atoms with Crippen LogP contribution in [0.25, 0.3) is 5.57 Å². The quantitative estimate of drug-likeness (QED) is 0.419. The number of ketones is 1. The van der Waals surface area contributed by atoms with Crippen molar-refractivity contribution in [2.75, 3.05) is 0 Å². The number of carbonyl (C=O) groups excluding carboxylic acids is 1. The van der Waals surface area contributed by atoms with Crippen LogP contribution in [-0.2, 0) is 22.6 Å². The Bertz CT molecular complexity index is 1380. The Balaban J connectivity index is 1.38. The zero-order valence-corrected chi connectivity index (χ0v) is 21.2. The molecule has 5 heteroatoms. The number of rotatable bonds is 7. The maximum absolute atomic E-state index is 13.6. The normalized spacial score (nSPS) is 18.2. The second-order valence-electron chi connectivity index (χ2n) is 10.6. The van der Waals surface area contributed by atoms with E-state index in [9.17, 15) is 14.7 Å². The smallest absolute Gasteiger partial charge is 0.328 e. The molecule has 5 nitrogen and oxygen atoms in total. The second-order valence-corrected chi connectivity index (χ2v) is 10.6. The molecule has 3 aromatic rings. The minimum Gasteiger partial charge on any atom is -0.489 e. The summed E-state index contributed by atoms with van der Waals surface area (Å²) in [4.78, 5) is 30.4. The van der Waals surface area contributed by atoms with Crippen LogP contribution in [0.4, 0.5) is 0 Å². The van der Waals surface area contributed by atoms with E-state index in [1.165, 1.54) is 0 Å². The Kier molecular flexibility index (Phi) is 6.79. The molecule has 0 fully saturated rings. The highest BCUT2D eigenvalue weighted by atomic mass is 16.5. The van der Waals surface area contributed by atoms with Crippen LogP contribution in [0.5, 0.6) is 5.75 Å². The summed E-state index contributed by atoms with van der Waals surface area (Å²) in [6.45, 7) is 4.92. The van der Waals surface area contributed by atoms with Gasteiger partial charge >= 0.3 is 5.97 Å². The van der Waals surface area contributed by atoms with Gasteiger partial charge < -0.3 is 9.84 Å². The van der Waals surface area contributed by atoms with Gasteiger partial charge in [0.25, 0.3) is 0 Å². The molecule has 0 radical (unpaired) electrons. The predicted molar refractivity (Wildman–Crippen MR) is 145 cm³/mol. The number of fused-ring (bicyclic) bond motifs is 2. The first kappa shape index (κ1) is 24.7. The number of allylic oxidation sites excluding steroid dienone is 2. The molecule has 188 valence electrons. The zero-order chi connectivity index (χ0) is 26.0. The monoisotopic (exact) mass is 493 g/mol. The number of ether oxygens (including phenoxy) is 1. The van der Waals surface area contributed by atoms with Gasteiger partial charge in [0.05, 0.1) is 0 Å². The average Bonchev–Trinajstić information content (AvgIpc) is 2.90. The summed E-state index contributed by atoms with van der Waals surface area (Å²) >= 11 is 0. The highest BCUT2D eigenvalue weighted by molar-refractivity contribution is 6.54. The number of carboxylic acids is 1. The highest BCUT2D eigenvalue weighted by Crippen LogP contribution is 2.46. The van der Waals surface area contributed by atoms with Crippen LogP contribution in [0.15, 0.2) is 89.4 Å². The number of carboxylic acid groups (broad SMARTS) is 1. The van der Waals surface area contributed by atoms with Crippen molar-refractivity contribution in [1.82, 2.24) is 0 Å². The number of aliphatic carboxylic acids is 1. The molecule has 1 atom stereocenters. The Morgan fingerprint density at radius 2 is 1.59 bits per heavy atom. The van der Waals surface area contributed by atoms with E-state index in [4.69, 9.17) is 4.74 Å². The summed E-state index contributed by atoms with van der Waals surface area (Å²) in [5.41, 5.74) is 5.92. The molecule has 2 aliphatic carbocycles. The van der Waals surface area contributed by atoms with Crippen molar-refractivity contribution in [1.29, 1.82) is 0 Å². The first-order valence-electron chi connectivity index (χ1n) is 12.7. The Morgan fingerprint density at radius 3 is 2.30 bits per heavy atom. The van der Waals surface area contributed by atoms with E-state index >= 15 is 0 Å². The summed E-state index contributed by atoms with van der Waals surface area (Å²) < 4.78 is 5.85. The molecule has 0 spiro atoms. The van der Waals surface area contributed by atoms with Crippen LogP contribution in [0.3, 0.4) is 0 Å². The Labute approximate surface area is 217 Å². The van der Waals surface area contributed by atoms with Crippen LogP contribution in [0.1, 0.15) is 55.4 Å². The lowest BCUT2D eigenvalue weighted by Gasteiger charge is -2.36. The first-order valence-corrected chi connectivity index (χ1v) is 12.7. The number of hydrogen-bond acceptors (Lipinski definition) is 4. The zero-order valence-electron chi connectivity index (χ0n) is 21.2. The summed E-state index contributed by atoms with van der Waals surface area (Å²) in [6.07, 6.45) is 2.64. The molecule has 0 saturated heterocycles. The van der Waals surface area contributed by atoms with E-state index < -0.39 is 12.0 Å². The van der Waals surface area contributed by atoms with E-state index in [0.29, 0.717) is 18.8 Å². The molecule has 3 aromatic carbocycles. The first-order chi connectivity index (χ1) is 17.8. The van der Waals surface area contributed by atoms with Crippen molar-refractivity contribution in [3.05, 3.63) is 107 Å².